The Kier molecular flexibility index (Phi) is 7.28. The van der Waals surface area contributed by atoms with Crippen LogP contribution in [0.1, 0.15) is 40.0 Å². The van der Waals surface area contributed by atoms with Crippen LogP contribution in [-0.2, 0) is 9.53 Å². The third-order valence-corrected chi connectivity index (χ3v) is 3.79. The summed E-state index contributed by atoms with van der Waals surface area (Å²) in [6.45, 7) is 11.0. The van der Waals surface area contributed by atoms with Crippen molar-refractivity contribution >= 4 is 5.97 Å². The predicted molar refractivity (Wildman–Crippen MR) is 73.6 cm³/mol. The lowest BCUT2D eigenvalue weighted by atomic mass is 9.96. The first-order chi connectivity index (χ1) is 8.71. The van der Waals surface area contributed by atoms with Crippen LogP contribution < -0.4 is 5.32 Å². The number of nitrogens with one attached hydrogen (secondary N) is 1. The molecule has 106 valence electrons. The van der Waals surface area contributed by atoms with Crippen molar-refractivity contribution in [1.82, 2.24) is 10.2 Å². The molecule has 1 atom stereocenters. The topological polar surface area (TPSA) is 41.6 Å². The fourth-order valence-electron chi connectivity index (χ4n) is 2.45. The first-order valence-corrected chi connectivity index (χ1v) is 7.33. The Bertz CT molecular complexity index is 238. The van der Waals surface area contributed by atoms with Gasteiger partial charge in [-0.1, -0.05) is 13.8 Å². The van der Waals surface area contributed by atoms with Crippen LogP contribution in [0.2, 0.25) is 0 Å². The minimum atomic E-state index is -0.130. The molecule has 0 spiro atoms. The number of rotatable bonds is 7. The van der Waals surface area contributed by atoms with Crippen molar-refractivity contribution in [2.24, 2.45) is 5.92 Å². The molecule has 1 N–H and O–H groups in total. The smallest absolute Gasteiger partial charge is 0.323 e. The number of carbonyl (C=O) groups is 1. The molecule has 0 aromatic rings. The molecule has 0 aromatic heterocycles. The summed E-state index contributed by atoms with van der Waals surface area (Å²) in [6, 6.07) is -0.130. The van der Waals surface area contributed by atoms with E-state index in [4.69, 9.17) is 4.74 Å². The molecule has 0 radical (unpaired) electrons. The highest BCUT2D eigenvalue weighted by atomic mass is 16.5. The zero-order valence-electron chi connectivity index (χ0n) is 12.1. The quantitative estimate of drug-likeness (QED) is 0.703. The molecule has 1 unspecified atom stereocenters. The van der Waals surface area contributed by atoms with E-state index in [1.54, 1.807) is 0 Å². The lowest BCUT2D eigenvalue weighted by Crippen LogP contribution is -2.43. The zero-order valence-corrected chi connectivity index (χ0v) is 12.1. The molecular weight excluding hydrogens is 228 g/mol. The maximum absolute atomic E-state index is 11.7. The van der Waals surface area contributed by atoms with E-state index in [2.05, 4.69) is 17.1 Å². The summed E-state index contributed by atoms with van der Waals surface area (Å²) in [5, 5.41) is 3.36. The van der Waals surface area contributed by atoms with Crippen LogP contribution in [0.15, 0.2) is 0 Å². The van der Waals surface area contributed by atoms with E-state index in [0.29, 0.717) is 12.5 Å². The van der Waals surface area contributed by atoms with E-state index >= 15 is 0 Å². The van der Waals surface area contributed by atoms with Gasteiger partial charge in [0.1, 0.15) is 6.04 Å². The average Bonchev–Trinajstić information content (AvgIpc) is 2.40. The highest BCUT2D eigenvalue weighted by Gasteiger charge is 2.21. The van der Waals surface area contributed by atoms with Gasteiger partial charge >= 0.3 is 5.97 Å². The molecule has 4 nitrogen and oxygen atoms in total. The van der Waals surface area contributed by atoms with Crippen LogP contribution >= 0.6 is 0 Å². The van der Waals surface area contributed by atoms with Crippen molar-refractivity contribution in [2.45, 2.75) is 46.1 Å². The summed E-state index contributed by atoms with van der Waals surface area (Å²) < 4.78 is 5.06. The van der Waals surface area contributed by atoms with Crippen molar-refractivity contribution in [3.8, 4) is 0 Å². The second-order valence-corrected chi connectivity index (χ2v) is 5.00. The lowest BCUT2D eigenvalue weighted by Gasteiger charge is -2.31. The highest BCUT2D eigenvalue weighted by Crippen LogP contribution is 2.16. The Morgan fingerprint density at radius 1 is 1.33 bits per heavy atom. The van der Waals surface area contributed by atoms with Crippen molar-refractivity contribution in [3.63, 3.8) is 0 Å². The van der Waals surface area contributed by atoms with Gasteiger partial charge in [0.05, 0.1) is 6.61 Å². The Balaban J connectivity index is 2.24. The summed E-state index contributed by atoms with van der Waals surface area (Å²) in [5.41, 5.74) is 0. The van der Waals surface area contributed by atoms with Crippen LogP contribution in [0.3, 0.4) is 0 Å². The molecule has 1 rings (SSSR count). The van der Waals surface area contributed by atoms with Gasteiger partial charge in [0.15, 0.2) is 0 Å². The van der Waals surface area contributed by atoms with Gasteiger partial charge in [-0.3, -0.25) is 4.79 Å². The monoisotopic (exact) mass is 256 g/mol. The molecule has 4 heteroatoms. The molecule has 0 bridgehead atoms. The van der Waals surface area contributed by atoms with Gasteiger partial charge < -0.3 is 15.0 Å². The predicted octanol–water partition coefficient (Wildman–Crippen LogP) is 1.65. The molecule has 0 amide bonds. The van der Waals surface area contributed by atoms with E-state index in [0.717, 1.165) is 19.5 Å². The fourth-order valence-corrected chi connectivity index (χ4v) is 2.45. The van der Waals surface area contributed by atoms with E-state index in [9.17, 15) is 4.79 Å². The SMILES string of the molecule is CCOC(=O)C(CC)NCC1CCN(CC)CC1. The largest absolute Gasteiger partial charge is 0.465 e. The molecule has 0 saturated carbocycles. The number of esters is 1. The van der Waals surface area contributed by atoms with Crippen molar-refractivity contribution in [1.29, 1.82) is 0 Å². The Labute approximate surface area is 111 Å². The highest BCUT2D eigenvalue weighted by molar-refractivity contribution is 5.75. The molecule has 1 saturated heterocycles. The lowest BCUT2D eigenvalue weighted by molar-refractivity contribution is -0.145. The van der Waals surface area contributed by atoms with Gasteiger partial charge in [-0.2, -0.15) is 0 Å². The molecular formula is C14H28N2O2. The molecule has 1 aliphatic heterocycles. The third kappa shape index (κ3) is 4.94. The summed E-state index contributed by atoms with van der Waals surface area (Å²) in [5.74, 6) is 0.599. The second-order valence-electron chi connectivity index (χ2n) is 5.00. The normalized spacial score (nSPS) is 19.7. The summed E-state index contributed by atoms with van der Waals surface area (Å²) in [7, 11) is 0. The number of hydrogen-bond donors (Lipinski definition) is 1. The minimum Gasteiger partial charge on any atom is -0.465 e. The number of likely N-dealkylation sites (tertiary alicyclic amines) is 1. The van der Waals surface area contributed by atoms with Crippen molar-refractivity contribution < 1.29 is 9.53 Å². The molecule has 1 fully saturated rings. The molecule has 1 heterocycles. The number of ether oxygens (including phenoxy) is 1. The zero-order chi connectivity index (χ0) is 13.4. The standard InChI is InChI=1S/C14H28N2O2/c1-4-13(14(17)18-6-3)15-11-12-7-9-16(5-2)10-8-12/h12-13,15H,4-11H2,1-3H3. The van der Waals surface area contributed by atoms with Gasteiger partial charge in [-0.25, -0.2) is 0 Å². The summed E-state index contributed by atoms with van der Waals surface area (Å²) >= 11 is 0. The molecule has 18 heavy (non-hydrogen) atoms. The molecule has 0 aliphatic carbocycles. The van der Waals surface area contributed by atoms with Gasteiger partial charge in [-0.15, -0.1) is 0 Å². The Morgan fingerprint density at radius 2 is 2.00 bits per heavy atom. The maximum Gasteiger partial charge on any atom is 0.323 e. The fraction of sp³-hybridized carbons (Fsp3) is 0.929. The third-order valence-electron chi connectivity index (χ3n) is 3.79. The van der Waals surface area contributed by atoms with Crippen LogP contribution in [0, 0.1) is 5.92 Å². The van der Waals surface area contributed by atoms with Gasteiger partial charge in [0.25, 0.3) is 0 Å². The maximum atomic E-state index is 11.7. The van der Waals surface area contributed by atoms with Gasteiger partial charge in [0.2, 0.25) is 0 Å². The number of piperidine rings is 1. The average molecular weight is 256 g/mol. The molecule has 0 aromatic carbocycles. The van der Waals surface area contributed by atoms with Crippen LogP contribution in [0.5, 0.6) is 0 Å². The minimum absolute atomic E-state index is 0.106. The number of nitrogens with zero attached hydrogens (tertiary/aromatic N) is 1. The van der Waals surface area contributed by atoms with Crippen LogP contribution in [0.25, 0.3) is 0 Å². The van der Waals surface area contributed by atoms with Crippen LogP contribution in [-0.4, -0.2) is 49.7 Å². The van der Waals surface area contributed by atoms with Gasteiger partial charge in [-0.05, 0) is 58.3 Å². The van der Waals surface area contributed by atoms with Crippen molar-refractivity contribution in [2.75, 3.05) is 32.8 Å². The Morgan fingerprint density at radius 3 is 2.50 bits per heavy atom. The van der Waals surface area contributed by atoms with Crippen LogP contribution in [0.4, 0.5) is 0 Å². The second kappa shape index (κ2) is 8.48. The van der Waals surface area contributed by atoms with E-state index in [1.165, 1.54) is 25.9 Å². The molecule has 1 aliphatic rings. The van der Waals surface area contributed by atoms with E-state index in [-0.39, 0.29) is 12.0 Å². The Hall–Kier alpha value is -0.610. The summed E-state index contributed by atoms with van der Waals surface area (Å²) in [4.78, 5) is 14.1. The first-order valence-electron chi connectivity index (χ1n) is 7.33. The van der Waals surface area contributed by atoms with E-state index in [1.807, 2.05) is 13.8 Å². The van der Waals surface area contributed by atoms with E-state index < -0.39 is 0 Å². The number of hydrogen-bond acceptors (Lipinski definition) is 4. The van der Waals surface area contributed by atoms with Gasteiger partial charge in [0, 0.05) is 0 Å². The number of carbonyl (C=O) groups excluding carboxylic acids is 1. The van der Waals surface area contributed by atoms with Crippen molar-refractivity contribution in [3.05, 3.63) is 0 Å². The first kappa shape index (κ1) is 15.4. The summed E-state index contributed by atoms with van der Waals surface area (Å²) in [6.07, 6.45) is 3.27.